The Morgan fingerprint density at radius 3 is 3.00 bits per heavy atom. The zero-order valence-electron chi connectivity index (χ0n) is 14.9. The highest BCUT2D eigenvalue weighted by Crippen LogP contribution is 2.31. The monoisotopic (exact) mass is 360 g/mol. The summed E-state index contributed by atoms with van der Waals surface area (Å²) in [5, 5.41) is 3.01. The third-order valence-electron chi connectivity index (χ3n) is 4.62. The molecule has 0 unspecified atom stereocenters. The third kappa shape index (κ3) is 3.99. The number of rotatable bonds is 6. The molecule has 1 saturated heterocycles. The predicted octanol–water partition coefficient (Wildman–Crippen LogP) is 2.00. The van der Waals surface area contributed by atoms with E-state index in [2.05, 4.69) is 11.9 Å². The molecule has 0 saturated carbocycles. The molecule has 2 heterocycles. The number of fused-ring (bicyclic) bond motifs is 1. The Bertz CT molecular complexity index is 691. The van der Waals surface area contributed by atoms with Crippen LogP contribution in [-0.4, -0.2) is 49.4 Å². The summed E-state index contributed by atoms with van der Waals surface area (Å²) >= 11 is 0. The van der Waals surface area contributed by atoms with E-state index >= 15 is 0 Å². The molecule has 1 aromatic carbocycles. The minimum atomic E-state index is -0.418. The topological polar surface area (TPSA) is 77.1 Å². The number of ether oxygens (including phenoxy) is 3. The van der Waals surface area contributed by atoms with Gasteiger partial charge in [-0.25, -0.2) is 4.79 Å². The molecule has 0 aliphatic carbocycles. The molecule has 7 heteroatoms. The predicted molar refractivity (Wildman–Crippen MR) is 94.7 cm³/mol. The van der Waals surface area contributed by atoms with Crippen molar-refractivity contribution in [3.63, 3.8) is 0 Å². The minimum absolute atomic E-state index is 0.335. The maximum absolute atomic E-state index is 12.5. The van der Waals surface area contributed by atoms with Gasteiger partial charge in [0.05, 0.1) is 20.3 Å². The first kappa shape index (κ1) is 18.3. The fourth-order valence-electron chi connectivity index (χ4n) is 3.24. The molecule has 1 amide bonds. The highest BCUT2D eigenvalue weighted by Gasteiger charge is 2.34. The summed E-state index contributed by atoms with van der Waals surface area (Å²) in [4.78, 5) is 25.7. The van der Waals surface area contributed by atoms with Crippen LogP contribution >= 0.6 is 0 Å². The number of carbonyl (C=O) groups is 2. The van der Waals surface area contributed by atoms with Gasteiger partial charge in [-0.1, -0.05) is 18.2 Å². The average molecular weight is 360 g/mol. The third-order valence-corrected chi connectivity index (χ3v) is 4.62. The Morgan fingerprint density at radius 2 is 2.23 bits per heavy atom. The van der Waals surface area contributed by atoms with Crippen molar-refractivity contribution in [3.8, 4) is 5.75 Å². The first-order chi connectivity index (χ1) is 12.6. The minimum Gasteiger partial charge on any atom is -0.493 e. The van der Waals surface area contributed by atoms with Gasteiger partial charge in [-0.05, 0) is 18.1 Å². The van der Waals surface area contributed by atoms with E-state index in [0.29, 0.717) is 32.7 Å². The Hall–Kier alpha value is -2.54. The molecule has 1 aromatic rings. The van der Waals surface area contributed by atoms with Gasteiger partial charge in [-0.15, -0.1) is 6.58 Å². The number of esters is 1. The van der Waals surface area contributed by atoms with E-state index in [1.54, 1.807) is 4.90 Å². The van der Waals surface area contributed by atoms with Gasteiger partial charge < -0.3 is 19.5 Å². The van der Waals surface area contributed by atoms with E-state index in [9.17, 15) is 9.59 Å². The van der Waals surface area contributed by atoms with Gasteiger partial charge in [0.2, 0.25) is 0 Å². The smallest absolute Gasteiger partial charge is 0.410 e. The first-order valence-corrected chi connectivity index (χ1v) is 8.73. The maximum atomic E-state index is 12.5. The largest absolute Gasteiger partial charge is 0.493 e. The zero-order chi connectivity index (χ0) is 18.5. The molecule has 3 rings (SSSR count). The van der Waals surface area contributed by atoms with Crippen molar-refractivity contribution >= 4 is 12.1 Å². The lowest BCUT2D eigenvalue weighted by Gasteiger charge is -2.18. The Kier molecular flexibility index (Phi) is 5.78. The van der Waals surface area contributed by atoms with Crippen LogP contribution in [-0.2, 0) is 27.4 Å². The van der Waals surface area contributed by atoms with Gasteiger partial charge in [0.15, 0.2) is 0 Å². The summed E-state index contributed by atoms with van der Waals surface area (Å²) in [5.41, 5.74) is 2.08. The summed E-state index contributed by atoms with van der Waals surface area (Å²) in [5.74, 6) is 0.464. The first-order valence-electron chi connectivity index (χ1n) is 8.73. The summed E-state index contributed by atoms with van der Waals surface area (Å²) in [6.45, 7) is 5.65. The number of benzene rings is 1. The van der Waals surface area contributed by atoms with Crippen LogP contribution in [0.1, 0.15) is 24.0 Å². The van der Waals surface area contributed by atoms with Gasteiger partial charge in [0.1, 0.15) is 17.9 Å². The second-order valence-electron chi connectivity index (χ2n) is 6.40. The number of hydrogen-bond acceptors (Lipinski definition) is 6. The molecule has 1 N–H and O–H groups in total. The molecule has 26 heavy (non-hydrogen) atoms. The maximum Gasteiger partial charge on any atom is 0.410 e. The van der Waals surface area contributed by atoms with Crippen molar-refractivity contribution in [1.29, 1.82) is 0 Å². The molecule has 0 radical (unpaired) electrons. The highest BCUT2D eigenvalue weighted by molar-refractivity contribution is 5.76. The number of amides is 1. The number of hydrogen-bond donors (Lipinski definition) is 1. The van der Waals surface area contributed by atoms with Crippen LogP contribution in [0.4, 0.5) is 4.79 Å². The molecule has 140 valence electrons. The number of nitrogens with zero attached hydrogens (tertiary/aromatic N) is 1. The Labute approximate surface area is 152 Å². The van der Waals surface area contributed by atoms with Gasteiger partial charge in [-0.3, -0.25) is 9.69 Å². The number of carbonyl (C=O) groups excluding carboxylic acids is 2. The van der Waals surface area contributed by atoms with Crippen LogP contribution in [0.25, 0.3) is 0 Å². The van der Waals surface area contributed by atoms with E-state index in [1.807, 2.05) is 24.3 Å². The lowest BCUT2D eigenvalue weighted by Crippen LogP contribution is -2.31. The molecule has 7 nitrogen and oxygen atoms in total. The molecule has 2 aliphatic heterocycles. The summed E-state index contributed by atoms with van der Waals surface area (Å²) < 4.78 is 16.1. The van der Waals surface area contributed by atoms with Crippen molar-refractivity contribution in [2.75, 3.05) is 20.3 Å². The highest BCUT2D eigenvalue weighted by atomic mass is 16.6. The van der Waals surface area contributed by atoms with E-state index < -0.39 is 6.04 Å². The molecule has 0 aromatic heterocycles. The number of methoxy groups -OCH3 is 1. The zero-order valence-corrected chi connectivity index (χ0v) is 14.9. The van der Waals surface area contributed by atoms with Crippen molar-refractivity contribution in [2.45, 2.75) is 38.1 Å². The molecule has 0 bridgehead atoms. The standard InChI is InChI=1S/C19H24N2O5/c1-3-4-8-25-17-7-5-6-13-11-21(12-15(13)17)19(23)26-14-9-16(20-10-14)18(22)24-2/h3,5-7,14,16,20H,1,4,8-12H2,2H3/t14-,16+/m1/s1. The van der Waals surface area contributed by atoms with Gasteiger partial charge >= 0.3 is 12.1 Å². The molecule has 0 spiro atoms. The van der Waals surface area contributed by atoms with E-state index in [-0.39, 0.29) is 18.2 Å². The Morgan fingerprint density at radius 1 is 1.38 bits per heavy atom. The summed E-state index contributed by atoms with van der Waals surface area (Å²) in [6.07, 6.45) is 2.29. The molecule has 2 aliphatic rings. The van der Waals surface area contributed by atoms with Crippen LogP contribution < -0.4 is 10.1 Å². The summed E-state index contributed by atoms with van der Waals surface area (Å²) in [7, 11) is 1.35. The fraction of sp³-hybridized carbons (Fsp3) is 0.474. The average Bonchev–Trinajstić information content (AvgIpc) is 3.28. The van der Waals surface area contributed by atoms with Crippen LogP contribution in [0.2, 0.25) is 0 Å². The van der Waals surface area contributed by atoms with E-state index in [4.69, 9.17) is 14.2 Å². The summed E-state index contributed by atoms with van der Waals surface area (Å²) in [6, 6.07) is 5.42. The quantitative estimate of drug-likeness (QED) is 0.475. The lowest BCUT2D eigenvalue weighted by atomic mass is 10.1. The van der Waals surface area contributed by atoms with Gasteiger partial charge in [-0.2, -0.15) is 0 Å². The van der Waals surface area contributed by atoms with E-state index in [1.165, 1.54) is 7.11 Å². The molecular formula is C19H24N2O5. The van der Waals surface area contributed by atoms with E-state index in [0.717, 1.165) is 23.3 Å². The van der Waals surface area contributed by atoms with Crippen LogP contribution in [0.5, 0.6) is 5.75 Å². The SMILES string of the molecule is C=CCCOc1cccc2c1CN(C(=O)O[C@H]1CN[C@H](C(=O)OC)C1)C2. The van der Waals surface area contributed by atoms with Crippen LogP contribution in [0.3, 0.4) is 0 Å². The second kappa shape index (κ2) is 8.23. The Balaban J connectivity index is 1.56. The second-order valence-corrected chi connectivity index (χ2v) is 6.40. The van der Waals surface area contributed by atoms with Gasteiger partial charge in [0, 0.05) is 25.1 Å². The molecule has 2 atom stereocenters. The van der Waals surface area contributed by atoms with Crippen LogP contribution in [0, 0.1) is 0 Å². The molecule has 1 fully saturated rings. The van der Waals surface area contributed by atoms with Crippen molar-refractivity contribution in [2.24, 2.45) is 0 Å². The molecular weight excluding hydrogens is 336 g/mol. The van der Waals surface area contributed by atoms with Crippen molar-refractivity contribution in [1.82, 2.24) is 10.2 Å². The normalized spacial score (nSPS) is 21.2. The van der Waals surface area contributed by atoms with Crippen molar-refractivity contribution in [3.05, 3.63) is 42.0 Å². The van der Waals surface area contributed by atoms with Crippen molar-refractivity contribution < 1.29 is 23.8 Å². The van der Waals surface area contributed by atoms with Crippen LogP contribution in [0.15, 0.2) is 30.9 Å². The van der Waals surface area contributed by atoms with Gasteiger partial charge in [0.25, 0.3) is 0 Å². The number of nitrogens with one attached hydrogen (secondary N) is 1. The fourth-order valence-corrected chi connectivity index (χ4v) is 3.24. The lowest BCUT2D eigenvalue weighted by molar-refractivity contribution is -0.142.